The fraction of sp³-hybridized carbons (Fsp3) is 0.200. The van der Waals surface area contributed by atoms with Crippen LogP contribution in [0.1, 0.15) is 24.5 Å². The lowest BCUT2D eigenvalue weighted by Crippen LogP contribution is -2.43. The van der Waals surface area contributed by atoms with Crippen LogP contribution in [0.5, 0.6) is 11.5 Å². The van der Waals surface area contributed by atoms with E-state index in [0.29, 0.717) is 5.56 Å². The van der Waals surface area contributed by atoms with Crippen molar-refractivity contribution < 1.29 is 24.5 Å². The summed E-state index contributed by atoms with van der Waals surface area (Å²) >= 11 is 0. The summed E-state index contributed by atoms with van der Waals surface area (Å²) in [5, 5.41) is 22.5. The monoisotopic (exact) mass is 419 g/mol. The van der Waals surface area contributed by atoms with Crippen molar-refractivity contribution in [2.75, 3.05) is 0 Å². The summed E-state index contributed by atoms with van der Waals surface area (Å²) in [4.78, 5) is 24.7. The zero-order valence-electron chi connectivity index (χ0n) is 17.2. The summed E-state index contributed by atoms with van der Waals surface area (Å²) < 4.78 is 5.43. The Morgan fingerprint density at radius 1 is 0.935 bits per heavy atom. The van der Waals surface area contributed by atoms with Crippen molar-refractivity contribution in [3.63, 3.8) is 0 Å². The number of ether oxygens (including phenoxy) is 1. The van der Waals surface area contributed by atoms with Gasteiger partial charge < -0.3 is 20.3 Å². The maximum Gasteiger partial charge on any atom is 0.329 e. The van der Waals surface area contributed by atoms with Crippen LogP contribution in [0.3, 0.4) is 0 Å². The first kappa shape index (κ1) is 21.9. The molecule has 1 amide bonds. The molecule has 3 aromatic carbocycles. The molecule has 0 aliphatic rings. The van der Waals surface area contributed by atoms with Gasteiger partial charge in [0.1, 0.15) is 24.1 Å². The molecule has 0 saturated heterocycles. The number of rotatable bonds is 8. The molecule has 0 aliphatic carbocycles. The molecule has 0 unspecified atom stereocenters. The van der Waals surface area contributed by atoms with Crippen molar-refractivity contribution in [1.29, 1.82) is 0 Å². The molecular weight excluding hydrogens is 394 g/mol. The van der Waals surface area contributed by atoms with Crippen LogP contribution in [-0.2, 0) is 27.4 Å². The van der Waals surface area contributed by atoms with Crippen LogP contribution in [0.25, 0.3) is 11.1 Å². The van der Waals surface area contributed by atoms with Gasteiger partial charge in [-0.05, 0) is 41.0 Å². The molecular formula is C25H25NO5. The summed E-state index contributed by atoms with van der Waals surface area (Å²) in [5.74, 6) is -0.567. The second-order valence-electron chi connectivity index (χ2n) is 7.17. The molecule has 0 radical (unpaired) electrons. The number of carbonyl (C=O) groups is 2. The number of phenols is 2. The van der Waals surface area contributed by atoms with E-state index in [1.165, 1.54) is 12.1 Å². The van der Waals surface area contributed by atoms with Crippen LogP contribution in [0.15, 0.2) is 72.8 Å². The molecule has 0 aliphatic heterocycles. The highest BCUT2D eigenvalue weighted by atomic mass is 16.5. The zero-order chi connectivity index (χ0) is 22.2. The van der Waals surface area contributed by atoms with Gasteiger partial charge in [-0.2, -0.15) is 0 Å². The number of esters is 1. The Kier molecular flexibility index (Phi) is 7.27. The Morgan fingerprint density at radius 2 is 1.65 bits per heavy atom. The van der Waals surface area contributed by atoms with Gasteiger partial charge in [0, 0.05) is 18.4 Å². The average molecular weight is 419 g/mol. The Morgan fingerprint density at radius 3 is 2.32 bits per heavy atom. The smallest absolute Gasteiger partial charge is 0.329 e. The van der Waals surface area contributed by atoms with Gasteiger partial charge in [-0.1, -0.05) is 55.5 Å². The van der Waals surface area contributed by atoms with Crippen molar-refractivity contribution in [1.82, 2.24) is 5.32 Å². The van der Waals surface area contributed by atoms with Gasteiger partial charge in [0.2, 0.25) is 5.91 Å². The minimum atomic E-state index is -0.853. The van der Waals surface area contributed by atoms with E-state index in [9.17, 15) is 19.8 Å². The molecule has 6 nitrogen and oxygen atoms in total. The number of hydrogen-bond donors (Lipinski definition) is 3. The largest absolute Gasteiger partial charge is 0.508 e. The number of hydrogen-bond acceptors (Lipinski definition) is 5. The van der Waals surface area contributed by atoms with E-state index in [4.69, 9.17) is 4.74 Å². The molecule has 0 bridgehead atoms. The Bertz CT molecular complexity index is 1030. The second-order valence-corrected chi connectivity index (χ2v) is 7.17. The summed E-state index contributed by atoms with van der Waals surface area (Å²) in [6, 6.07) is 19.9. The topological polar surface area (TPSA) is 95.9 Å². The van der Waals surface area contributed by atoms with Crippen LogP contribution in [0, 0.1) is 0 Å². The van der Waals surface area contributed by atoms with Crippen molar-refractivity contribution in [3.05, 3.63) is 83.9 Å². The van der Waals surface area contributed by atoms with Crippen molar-refractivity contribution in [3.8, 4) is 22.6 Å². The summed E-state index contributed by atoms with van der Waals surface area (Å²) in [6.45, 7) is 1.83. The minimum Gasteiger partial charge on any atom is -0.508 e. The van der Waals surface area contributed by atoms with Gasteiger partial charge in [-0.3, -0.25) is 4.79 Å². The van der Waals surface area contributed by atoms with E-state index in [-0.39, 0.29) is 36.9 Å². The van der Waals surface area contributed by atoms with Crippen LogP contribution in [0.2, 0.25) is 0 Å². The number of amides is 1. The predicted molar refractivity (Wildman–Crippen MR) is 117 cm³/mol. The molecule has 31 heavy (non-hydrogen) atoms. The lowest BCUT2D eigenvalue weighted by atomic mass is 9.98. The SMILES string of the molecule is CCC(=O)N[C@@H](Cc1ccc(O)c(-c2ccc(O)cc2)c1)C(=O)OCc1ccccc1. The molecule has 160 valence electrons. The highest BCUT2D eigenvalue weighted by molar-refractivity contribution is 5.84. The summed E-state index contributed by atoms with van der Waals surface area (Å²) in [7, 11) is 0. The van der Waals surface area contributed by atoms with Crippen molar-refractivity contribution in [2.45, 2.75) is 32.4 Å². The van der Waals surface area contributed by atoms with Gasteiger partial charge in [-0.15, -0.1) is 0 Å². The van der Waals surface area contributed by atoms with Gasteiger partial charge in [-0.25, -0.2) is 4.79 Å². The first-order valence-electron chi connectivity index (χ1n) is 10.1. The molecule has 3 N–H and O–H groups in total. The first-order valence-corrected chi connectivity index (χ1v) is 10.1. The molecule has 6 heteroatoms. The van der Waals surface area contributed by atoms with Crippen LogP contribution < -0.4 is 5.32 Å². The van der Waals surface area contributed by atoms with E-state index in [1.807, 2.05) is 30.3 Å². The number of carbonyl (C=O) groups excluding carboxylic acids is 2. The maximum atomic E-state index is 12.7. The fourth-order valence-corrected chi connectivity index (χ4v) is 3.14. The molecule has 0 aromatic heterocycles. The van der Waals surface area contributed by atoms with Crippen LogP contribution in [-0.4, -0.2) is 28.1 Å². The highest BCUT2D eigenvalue weighted by Crippen LogP contribution is 2.31. The first-order chi connectivity index (χ1) is 15.0. The Labute approximate surface area is 181 Å². The second kappa shape index (κ2) is 10.3. The predicted octanol–water partition coefficient (Wildman–Crippen LogP) is 3.95. The van der Waals surface area contributed by atoms with E-state index in [2.05, 4.69) is 5.32 Å². The van der Waals surface area contributed by atoms with E-state index < -0.39 is 12.0 Å². The summed E-state index contributed by atoms with van der Waals surface area (Å²) in [6.07, 6.45) is 0.460. The van der Waals surface area contributed by atoms with Crippen molar-refractivity contribution >= 4 is 11.9 Å². The molecule has 0 saturated carbocycles. The molecule has 1 atom stereocenters. The van der Waals surface area contributed by atoms with Gasteiger partial charge >= 0.3 is 5.97 Å². The maximum absolute atomic E-state index is 12.7. The lowest BCUT2D eigenvalue weighted by molar-refractivity contribution is -0.149. The zero-order valence-corrected chi connectivity index (χ0v) is 17.2. The molecule has 3 rings (SSSR count). The lowest BCUT2D eigenvalue weighted by Gasteiger charge is -2.18. The van der Waals surface area contributed by atoms with Gasteiger partial charge in [0.05, 0.1) is 0 Å². The summed E-state index contributed by atoms with van der Waals surface area (Å²) in [5.41, 5.74) is 2.89. The third-order valence-electron chi connectivity index (χ3n) is 4.84. The standard InChI is InChI=1S/C25H25NO5/c1-2-24(29)26-22(25(30)31-16-17-6-4-3-5-7-17)15-18-8-13-23(28)21(14-18)19-9-11-20(27)12-10-19/h3-14,22,27-28H,2,15-16H2,1H3,(H,26,29)/t22-/m0/s1. The van der Waals surface area contributed by atoms with E-state index in [0.717, 1.165) is 16.7 Å². The number of nitrogens with one attached hydrogen (secondary N) is 1. The minimum absolute atomic E-state index is 0.0789. The van der Waals surface area contributed by atoms with Crippen LogP contribution in [0.4, 0.5) is 0 Å². The van der Waals surface area contributed by atoms with E-state index in [1.54, 1.807) is 37.3 Å². The number of aromatic hydroxyl groups is 2. The Balaban J connectivity index is 1.78. The normalized spacial score (nSPS) is 11.5. The fourth-order valence-electron chi connectivity index (χ4n) is 3.14. The average Bonchev–Trinajstić information content (AvgIpc) is 2.79. The third-order valence-corrected chi connectivity index (χ3v) is 4.84. The number of benzene rings is 3. The molecule has 0 spiro atoms. The Hall–Kier alpha value is -3.80. The van der Waals surface area contributed by atoms with Gasteiger partial charge in [0.25, 0.3) is 0 Å². The molecule has 3 aromatic rings. The third kappa shape index (κ3) is 6.09. The van der Waals surface area contributed by atoms with Gasteiger partial charge in [0.15, 0.2) is 0 Å². The molecule has 0 fully saturated rings. The quantitative estimate of drug-likeness (QED) is 0.481. The van der Waals surface area contributed by atoms with Crippen molar-refractivity contribution in [2.24, 2.45) is 0 Å². The highest BCUT2D eigenvalue weighted by Gasteiger charge is 2.23. The van der Waals surface area contributed by atoms with E-state index >= 15 is 0 Å². The number of phenolic OH excluding ortho intramolecular Hbond substituents is 2. The molecule has 0 heterocycles. The van der Waals surface area contributed by atoms with Crippen LogP contribution >= 0.6 is 0 Å².